The predicted molar refractivity (Wildman–Crippen MR) is 74.1 cm³/mol. The molecule has 2 N–H and O–H groups in total. The van der Waals surface area contributed by atoms with Gasteiger partial charge in [-0.3, -0.25) is 0 Å². The molecule has 1 aromatic carbocycles. The molecule has 0 aliphatic carbocycles. The van der Waals surface area contributed by atoms with E-state index in [1.54, 1.807) is 21.3 Å². The third-order valence-corrected chi connectivity index (χ3v) is 3.08. The van der Waals surface area contributed by atoms with Crippen LogP contribution < -0.4 is 19.5 Å². The van der Waals surface area contributed by atoms with Gasteiger partial charge in [0.1, 0.15) is 0 Å². The van der Waals surface area contributed by atoms with Gasteiger partial charge in [-0.25, -0.2) is 0 Å². The molecule has 0 amide bonds. The quantitative estimate of drug-likeness (QED) is 0.750. The monoisotopic (exact) mass is 269 g/mol. The van der Waals surface area contributed by atoms with Gasteiger partial charge in [-0.2, -0.15) is 0 Å². The first-order chi connectivity index (χ1) is 9.21. The normalized spacial score (nSPS) is 12.1. The van der Waals surface area contributed by atoms with Crippen molar-refractivity contribution in [1.82, 2.24) is 5.32 Å². The van der Waals surface area contributed by atoms with Crippen LogP contribution in [-0.2, 0) is 6.54 Å². The second-order valence-corrected chi connectivity index (χ2v) is 4.16. The molecule has 19 heavy (non-hydrogen) atoms. The zero-order valence-electron chi connectivity index (χ0n) is 12.0. The lowest BCUT2D eigenvalue weighted by Crippen LogP contribution is -2.31. The van der Waals surface area contributed by atoms with Gasteiger partial charge in [-0.1, -0.05) is 13.0 Å². The molecule has 5 nitrogen and oxygen atoms in total. The third kappa shape index (κ3) is 3.75. The Labute approximate surface area is 114 Å². The molecule has 1 aromatic rings. The summed E-state index contributed by atoms with van der Waals surface area (Å²) < 4.78 is 16.0. The van der Waals surface area contributed by atoms with Gasteiger partial charge >= 0.3 is 0 Å². The van der Waals surface area contributed by atoms with Crippen LogP contribution in [0.4, 0.5) is 0 Å². The van der Waals surface area contributed by atoms with Gasteiger partial charge in [-0.15, -0.1) is 0 Å². The van der Waals surface area contributed by atoms with Crippen molar-refractivity contribution in [3.8, 4) is 17.2 Å². The number of rotatable bonds is 8. The number of aliphatic hydroxyl groups excluding tert-OH is 1. The maximum Gasteiger partial charge on any atom is 0.203 e. The highest BCUT2D eigenvalue weighted by Crippen LogP contribution is 2.39. The van der Waals surface area contributed by atoms with Crippen LogP contribution in [0, 0.1) is 0 Å². The lowest BCUT2D eigenvalue weighted by atomic mass is 10.1. The second kappa shape index (κ2) is 7.86. The summed E-state index contributed by atoms with van der Waals surface area (Å²) in [5.41, 5.74) is 0.965. The van der Waals surface area contributed by atoms with Gasteiger partial charge in [0.25, 0.3) is 0 Å². The van der Waals surface area contributed by atoms with Crippen molar-refractivity contribution < 1.29 is 19.3 Å². The molecule has 1 atom stereocenters. The van der Waals surface area contributed by atoms with E-state index in [4.69, 9.17) is 14.2 Å². The molecule has 0 bridgehead atoms. The molecule has 0 aliphatic rings. The van der Waals surface area contributed by atoms with E-state index < -0.39 is 0 Å². The van der Waals surface area contributed by atoms with Crippen LogP contribution in [0.1, 0.15) is 18.9 Å². The topological polar surface area (TPSA) is 60.0 Å². The summed E-state index contributed by atoms with van der Waals surface area (Å²) in [5.74, 6) is 1.88. The van der Waals surface area contributed by atoms with E-state index in [1.165, 1.54) is 0 Å². The summed E-state index contributed by atoms with van der Waals surface area (Å²) in [7, 11) is 4.78. The Hall–Kier alpha value is -1.46. The molecule has 0 fully saturated rings. The van der Waals surface area contributed by atoms with Crippen molar-refractivity contribution >= 4 is 0 Å². The molecule has 1 unspecified atom stereocenters. The molecule has 0 saturated carbocycles. The molecule has 0 radical (unpaired) electrons. The van der Waals surface area contributed by atoms with E-state index >= 15 is 0 Å². The molecule has 0 aliphatic heterocycles. The summed E-state index contributed by atoms with van der Waals surface area (Å²) in [5, 5.41) is 12.4. The molecule has 5 heteroatoms. The second-order valence-electron chi connectivity index (χ2n) is 4.16. The highest BCUT2D eigenvalue weighted by atomic mass is 16.5. The van der Waals surface area contributed by atoms with Crippen LogP contribution in [0.15, 0.2) is 12.1 Å². The third-order valence-electron chi connectivity index (χ3n) is 3.08. The molecule has 0 saturated heterocycles. The standard InChI is InChI=1S/C14H23NO4/c1-5-11(9-16)15-8-10-6-7-12(17-2)14(19-4)13(10)18-3/h6-7,11,15-16H,5,8-9H2,1-4H3. The number of ether oxygens (including phenoxy) is 3. The Morgan fingerprint density at radius 1 is 1.11 bits per heavy atom. The van der Waals surface area contributed by atoms with Gasteiger partial charge < -0.3 is 24.6 Å². The van der Waals surface area contributed by atoms with Crippen molar-refractivity contribution in [3.05, 3.63) is 17.7 Å². The van der Waals surface area contributed by atoms with Crippen LogP contribution in [-0.4, -0.2) is 39.1 Å². The summed E-state index contributed by atoms with van der Waals surface area (Å²) in [6, 6.07) is 3.85. The van der Waals surface area contributed by atoms with Crippen molar-refractivity contribution in [2.24, 2.45) is 0 Å². The molecule has 0 heterocycles. The Balaban J connectivity index is 2.94. The fourth-order valence-electron chi connectivity index (χ4n) is 1.89. The Bertz CT molecular complexity index is 391. The highest BCUT2D eigenvalue weighted by molar-refractivity contribution is 5.55. The smallest absolute Gasteiger partial charge is 0.203 e. The average molecular weight is 269 g/mol. The van der Waals surface area contributed by atoms with Crippen LogP contribution >= 0.6 is 0 Å². The van der Waals surface area contributed by atoms with Crippen LogP contribution in [0.2, 0.25) is 0 Å². The van der Waals surface area contributed by atoms with E-state index in [2.05, 4.69) is 5.32 Å². The minimum absolute atomic E-state index is 0.0813. The van der Waals surface area contributed by atoms with Gasteiger partial charge in [0.2, 0.25) is 5.75 Å². The molecular formula is C14H23NO4. The molecule has 108 valence electrons. The largest absolute Gasteiger partial charge is 0.493 e. The maximum atomic E-state index is 9.18. The van der Waals surface area contributed by atoms with E-state index in [-0.39, 0.29) is 12.6 Å². The first kappa shape index (κ1) is 15.6. The number of nitrogens with one attached hydrogen (secondary N) is 1. The molecular weight excluding hydrogens is 246 g/mol. The van der Waals surface area contributed by atoms with E-state index in [0.29, 0.717) is 23.8 Å². The lowest BCUT2D eigenvalue weighted by Gasteiger charge is -2.18. The number of hydrogen-bond donors (Lipinski definition) is 2. The minimum atomic E-state index is 0.0813. The Kier molecular flexibility index (Phi) is 6.45. The van der Waals surface area contributed by atoms with E-state index in [9.17, 15) is 5.11 Å². The predicted octanol–water partition coefficient (Wildman–Crippen LogP) is 1.57. The van der Waals surface area contributed by atoms with Crippen LogP contribution in [0.3, 0.4) is 0 Å². The lowest BCUT2D eigenvalue weighted by molar-refractivity contribution is 0.237. The SMILES string of the molecule is CCC(CO)NCc1ccc(OC)c(OC)c1OC. The number of benzene rings is 1. The van der Waals surface area contributed by atoms with Crippen LogP contribution in [0.5, 0.6) is 17.2 Å². The van der Waals surface area contributed by atoms with E-state index in [1.807, 2.05) is 19.1 Å². The summed E-state index contributed by atoms with van der Waals surface area (Å²) >= 11 is 0. The van der Waals surface area contributed by atoms with Gasteiger partial charge in [0, 0.05) is 18.2 Å². The summed E-state index contributed by atoms with van der Waals surface area (Å²) in [6.07, 6.45) is 0.867. The summed E-state index contributed by atoms with van der Waals surface area (Å²) in [6.45, 7) is 2.74. The first-order valence-corrected chi connectivity index (χ1v) is 6.33. The number of aliphatic hydroxyl groups is 1. The minimum Gasteiger partial charge on any atom is -0.493 e. The summed E-state index contributed by atoms with van der Waals surface area (Å²) in [4.78, 5) is 0. The Morgan fingerprint density at radius 3 is 2.26 bits per heavy atom. The molecule has 0 spiro atoms. The average Bonchev–Trinajstić information content (AvgIpc) is 2.47. The molecule has 0 aromatic heterocycles. The van der Waals surface area contributed by atoms with Crippen molar-refractivity contribution in [2.75, 3.05) is 27.9 Å². The fourth-order valence-corrected chi connectivity index (χ4v) is 1.89. The van der Waals surface area contributed by atoms with Crippen molar-refractivity contribution in [3.63, 3.8) is 0 Å². The zero-order valence-corrected chi connectivity index (χ0v) is 12.0. The van der Waals surface area contributed by atoms with Crippen molar-refractivity contribution in [1.29, 1.82) is 0 Å². The molecule has 1 rings (SSSR count). The number of hydrogen-bond acceptors (Lipinski definition) is 5. The van der Waals surface area contributed by atoms with E-state index in [0.717, 1.165) is 12.0 Å². The zero-order chi connectivity index (χ0) is 14.3. The number of methoxy groups -OCH3 is 3. The van der Waals surface area contributed by atoms with Gasteiger partial charge in [-0.05, 0) is 12.5 Å². The van der Waals surface area contributed by atoms with Crippen LogP contribution in [0.25, 0.3) is 0 Å². The van der Waals surface area contributed by atoms with Crippen molar-refractivity contribution in [2.45, 2.75) is 25.9 Å². The maximum absolute atomic E-state index is 9.18. The first-order valence-electron chi connectivity index (χ1n) is 6.33. The van der Waals surface area contributed by atoms with Gasteiger partial charge in [0.15, 0.2) is 11.5 Å². The highest BCUT2D eigenvalue weighted by Gasteiger charge is 2.16. The fraction of sp³-hybridized carbons (Fsp3) is 0.571. The Morgan fingerprint density at radius 2 is 1.79 bits per heavy atom. The van der Waals surface area contributed by atoms with Gasteiger partial charge in [0.05, 0.1) is 27.9 Å².